The minimum atomic E-state index is -0.283. The molecule has 3 aromatic rings. The molecular formula is C19H16O3S. The van der Waals surface area contributed by atoms with Gasteiger partial charge in [0.15, 0.2) is 0 Å². The van der Waals surface area contributed by atoms with Crippen molar-refractivity contribution in [1.29, 1.82) is 0 Å². The van der Waals surface area contributed by atoms with Gasteiger partial charge in [-0.1, -0.05) is 29.8 Å². The third-order valence-corrected chi connectivity index (χ3v) is 5.17. The molecule has 0 N–H and O–H groups in total. The summed E-state index contributed by atoms with van der Waals surface area (Å²) in [6.07, 6.45) is 0.668. The van der Waals surface area contributed by atoms with Gasteiger partial charge in [-0.25, -0.2) is 4.79 Å². The van der Waals surface area contributed by atoms with Crippen LogP contribution in [0.1, 0.15) is 11.1 Å². The van der Waals surface area contributed by atoms with Crippen LogP contribution in [-0.2, 0) is 6.42 Å². The summed E-state index contributed by atoms with van der Waals surface area (Å²) >= 11 is 1.74. The standard InChI is InChI=1S/C19H16O3S/c1-12-7-8-17-15(9-12)18-16(19(20)22-17)10-14(11-21-18)23-13-5-3-2-4-6-13/h2-9,14H,10-11H2,1H3. The molecule has 23 heavy (non-hydrogen) atoms. The average Bonchev–Trinajstić information content (AvgIpc) is 2.57. The van der Waals surface area contributed by atoms with E-state index >= 15 is 0 Å². The number of fused-ring (bicyclic) bond motifs is 3. The lowest BCUT2D eigenvalue weighted by Gasteiger charge is -2.25. The van der Waals surface area contributed by atoms with Crippen molar-refractivity contribution in [3.05, 3.63) is 70.1 Å². The van der Waals surface area contributed by atoms with E-state index in [0.717, 1.165) is 10.9 Å². The molecule has 2 aromatic carbocycles. The maximum Gasteiger partial charge on any atom is 0.343 e. The van der Waals surface area contributed by atoms with E-state index in [1.165, 1.54) is 4.90 Å². The van der Waals surface area contributed by atoms with Crippen molar-refractivity contribution < 1.29 is 9.15 Å². The van der Waals surface area contributed by atoms with E-state index in [1.54, 1.807) is 11.8 Å². The van der Waals surface area contributed by atoms with Crippen molar-refractivity contribution in [3.8, 4) is 5.75 Å². The van der Waals surface area contributed by atoms with Crippen molar-refractivity contribution in [3.63, 3.8) is 0 Å². The molecule has 0 aliphatic carbocycles. The Bertz CT molecular complexity index is 915. The van der Waals surface area contributed by atoms with Crippen molar-refractivity contribution in [2.75, 3.05) is 6.61 Å². The lowest BCUT2D eigenvalue weighted by atomic mass is 10.0. The van der Waals surface area contributed by atoms with Crippen molar-refractivity contribution in [2.45, 2.75) is 23.5 Å². The van der Waals surface area contributed by atoms with Gasteiger partial charge in [0.25, 0.3) is 0 Å². The van der Waals surface area contributed by atoms with E-state index in [1.807, 2.05) is 43.3 Å². The summed E-state index contributed by atoms with van der Waals surface area (Å²) in [5.74, 6) is 0.699. The van der Waals surface area contributed by atoms with Crippen LogP contribution in [0.4, 0.5) is 0 Å². The second kappa shape index (κ2) is 5.78. The summed E-state index contributed by atoms with van der Waals surface area (Å²) in [6, 6.07) is 16.0. The Morgan fingerprint density at radius 1 is 1.13 bits per heavy atom. The summed E-state index contributed by atoms with van der Waals surface area (Å²) in [4.78, 5) is 13.5. The zero-order valence-corrected chi connectivity index (χ0v) is 13.6. The highest BCUT2D eigenvalue weighted by Gasteiger charge is 2.26. The van der Waals surface area contributed by atoms with Gasteiger partial charge in [0, 0.05) is 10.1 Å². The molecule has 116 valence electrons. The molecule has 1 unspecified atom stereocenters. The summed E-state index contributed by atoms with van der Waals surface area (Å²) in [7, 11) is 0. The summed E-state index contributed by atoms with van der Waals surface area (Å²) < 4.78 is 11.4. The quantitative estimate of drug-likeness (QED) is 0.662. The zero-order valence-electron chi connectivity index (χ0n) is 12.7. The fraction of sp³-hybridized carbons (Fsp3) is 0.211. The van der Waals surface area contributed by atoms with Gasteiger partial charge in [-0.3, -0.25) is 0 Å². The van der Waals surface area contributed by atoms with Gasteiger partial charge in [-0.2, -0.15) is 0 Å². The molecule has 1 atom stereocenters. The predicted octanol–water partition coefficient (Wildman–Crippen LogP) is 4.20. The van der Waals surface area contributed by atoms with Gasteiger partial charge in [0.1, 0.15) is 17.9 Å². The van der Waals surface area contributed by atoms with Gasteiger partial charge in [-0.05, 0) is 37.6 Å². The van der Waals surface area contributed by atoms with Crippen LogP contribution < -0.4 is 10.4 Å². The molecule has 0 spiro atoms. The first-order valence-electron chi connectivity index (χ1n) is 7.61. The van der Waals surface area contributed by atoms with Crippen LogP contribution in [0, 0.1) is 6.92 Å². The van der Waals surface area contributed by atoms with Crippen molar-refractivity contribution >= 4 is 22.7 Å². The molecule has 0 radical (unpaired) electrons. The third-order valence-electron chi connectivity index (χ3n) is 3.99. The number of thioether (sulfide) groups is 1. The molecular weight excluding hydrogens is 308 g/mol. The molecule has 0 saturated carbocycles. The Kier molecular flexibility index (Phi) is 3.62. The first kappa shape index (κ1) is 14.4. The van der Waals surface area contributed by atoms with Crippen LogP contribution >= 0.6 is 11.8 Å². The molecule has 2 heterocycles. The van der Waals surface area contributed by atoms with Crippen molar-refractivity contribution in [1.82, 2.24) is 0 Å². The van der Waals surface area contributed by atoms with Crippen molar-refractivity contribution in [2.24, 2.45) is 0 Å². The van der Waals surface area contributed by atoms with E-state index in [9.17, 15) is 4.79 Å². The molecule has 4 heteroatoms. The fourth-order valence-electron chi connectivity index (χ4n) is 2.90. The predicted molar refractivity (Wildman–Crippen MR) is 92.5 cm³/mol. The molecule has 0 saturated heterocycles. The molecule has 1 aromatic heterocycles. The lowest BCUT2D eigenvalue weighted by molar-refractivity contribution is 0.292. The minimum absolute atomic E-state index is 0.218. The number of aryl methyl sites for hydroxylation is 1. The van der Waals surface area contributed by atoms with E-state index in [0.29, 0.717) is 29.9 Å². The Labute approximate surface area is 138 Å². The maximum absolute atomic E-state index is 12.3. The summed E-state index contributed by atoms with van der Waals surface area (Å²) in [5, 5.41) is 1.11. The molecule has 4 rings (SSSR count). The SMILES string of the molecule is Cc1ccc2oc(=O)c3c(c2c1)OCC(Sc1ccccc1)C3. The first-order valence-corrected chi connectivity index (χ1v) is 8.49. The van der Waals surface area contributed by atoms with Crippen LogP contribution in [0.2, 0.25) is 0 Å². The van der Waals surface area contributed by atoms with Gasteiger partial charge in [-0.15, -0.1) is 11.8 Å². The minimum Gasteiger partial charge on any atom is -0.491 e. The second-order valence-electron chi connectivity index (χ2n) is 5.76. The maximum atomic E-state index is 12.3. The van der Waals surface area contributed by atoms with E-state index in [2.05, 4.69) is 12.1 Å². The van der Waals surface area contributed by atoms with E-state index in [4.69, 9.17) is 9.15 Å². The van der Waals surface area contributed by atoms with Gasteiger partial charge in [0.2, 0.25) is 0 Å². The van der Waals surface area contributed by atoms with Crippen LogP contribution in [0.5, 0.6) is 5.75 Å². The topological polar surface area (TPSA) is 39.4 Å². The average molecular weight is 324 g/mol. The normalized spacial score (nSPS) is 16.8. The van der Waals surface area contributed by atoms with Crippen LogP contribution in [0.15, 0.2) is 62.6 Å². The van der Waals surface area contributed by atoms with Gasteiger partial charge in [0.05, 0.1) is 10.9 Å². The van der Waals surface area contributed by atoms with Gasteiger partial charge < -0.3 is 9.15 Å². The van der Waals surface area contributed by atoms with Crippen LogP contribution in [0.25, 0.3) is 11.0 Å². The largest absolute Gasteiger partial charge is 0.491 e. The second-order valence-corrected chi connectivity index (χ2v) is 7.14. The van der Waals surface area contributed by atoms with E-state index < -0.39 is 0 Å². The number of rotatable bonds is 2. The fourth-order valence-corrected chi connectivity index (χ4v) is 3.98. The van der Waals surface area contributed by atoms with Gasteiger partial charge >= 0.3 is 5.63 Å². The molecule has 1 aliphatic heterocycles. The lowest BCUT2D eigenvalue weighted by Crippen LogP contribution is -2.27. The van der Waals surface area contributed by atoms with Crippen LogP contribution in [-0.4, -0.2) is 11.9 Å². The highest BCUT2D eigenvalue weighted by molar-refractivity contribution is 8.00. The Morgan fingerprint density at radius 3 is 2.78 bits per heavy atom. The summed E-state index contributed by atoms with van der Waals surface area (Å²) in [5.41, 5.74) is 2.09. The third kappa shape index (κ3) is 2.75. The Hall–Kier alpha value is -2.20. The molecule has 1 aliphatic rings. The Morgan fingerprint density at radius 2 is 1.96 bits per heavy atom. The zero-order chi connectivity index (χ0) is 15.8. The molecule has 0 amide bonds. The van der Waals surface area contributed by atoms with E-state index in [-0.39, 0.29) is 10.9 Å². The summed E-state index contributed by atoms with van der Waals surface area (Å²) in [6.45, 7) is 2.62. The highest BCUT2D eigenvalue weighted by Crippen LogP contribution is 2.36. The highest BCUT2D eigenvalue weighted by atomic mass is 32.2. The van der Waals surface area contributed by atoms with Crippen LogP contribution in [0.3, 0.4) is 0 Å². The first-order chi connectivity index (χ1) is 11.2. The number of benzene rings is 2. The monoisotopic (exact) mass is 324 g/mol. The number of hydrogen-bond acceptors (Lipinski definition) is 4. The smallest absolute Gasteiger partial charge is 0.343 e. The molecule has 3 nitrogen and oxygen atoms in total. The molecule has 0 fully saturated rings. The molecule has 0 bridgehead atoms. The number of hydrogen-bond donors (Lipinski definition) is 0. The number of ether oxygens (including phenoxy) is 1. The Balaban J connectivity index is 1.71.